The average molecular weight is 445 g/mol. The molecular formula is C20H17BrN2O3S. The van der Waals surface area contributed by atoms with Crippen molar-refractivity contribution in [2.45, 2.75) is 4.90 Å². The maximum absolute atomic E-state index is 12.5. The number of aromatic amines is 1. The maximum atomic E-state index is 12.5. The monoisotopic (exact) mass is 444 g/mol. The van der Waals surface area contributed by atoms with Crippen molar-refractivity contribution < 1.29 is 12.6 Å². The van der Waals surface area contributed by atoms with Crippen LogP contribution < -0.4 is 4.18 Å². The molecule has 0 amide bonds. The summed E-state index contributed by atoms with van der Waals surface area (Å²) in [4.78, 5) is 5.45. The fourth-order valence-corrected chi connectivity index (χ4v) is 4.48. The van der Waals surface area contributed by atoms with Crippen LogP contribution in [0, 0.1) is 0 Å². The first-order chi connectivity index (χ1) is 12.9. The van der Waals surface area contributed by atoms with E-state index in [0.29, 0.717) is 0 Å². The van der Waals surface area contributed by atoms with Gasteiger partial charge in [0.25, 0.3) is 0 Å². The summed E-state index contributed by atoms with van der Waals surface area (Å²) in [6.45, 7) is 0.818. The van der Waals surface area contributed by atoms with Crippen LogP contribution in [-0.4, -0.2) is 31.9 Å². The molecule has 3 aromatic rings. The topological polar surface area (TPSA) is 62.4 Å². The Labute approximate surface area is 166 Å². The number of benzene rings is 2. The molecule has 4 rings (SSSR count). The molecular weight excluding hydrogens is 428 g/mol. The van der Waals surface area contributed by atoms with Crippen LogP contribution in [0.2, 0.25) is 0 Å². The van der Waals surface area contributed by atoms with Crippen molar-refractivity contribution in [2.75, 3.05) is 13.6 Å². The van der Waals surface area contributed by atoms with Crippen LogP contribution in [0.5, 0.6) is 5.75 Å². The van der Waals surface area contributed by atoms with Gasteiger partial charge >= 0.3 is 10.1 Å². The van der Waals surface area contributed by atoms with Gasteiger partial charge in [0.2, 0.25) is 0 Å². The number of nitrogens with zero attached hydrogens (tertiary/aromatic N) is 1. The van der Waals surface area contributed by atoms with E-state index in [-0.39, 0.29) is 10.6 Å². The van der Waals surface area contributed by atoms with Crippen LogP contribution in [-0.2, 0) is 10.1 Å². The molecule has 0 atom stereocenters. The minimum Gasteiger partial charge on any atom is -0.379 e. The van der Waals surface area contributed by atoms with Crippen LogP contribution in [0.15, 0.2) is 76.4 Å². The van der Waals surface area contributed by atoms with E-state index in [1.807, 2.05) is 25.5 Å². The number of halogens is 1. The highest BCUT2D eigenvalue weighted by Gasteiger charge is 2.19. The Kier molecular flexibility index (Phi) is 4.57. The SMILES string of the molecule is CN1C=CC(c2c[nH]c3c(Br)cc(OS(=O)(=O)c4ccccc4)cc23)=CC1. The van der Waals surface area contributed by atoms with Gasteiger partial charge in [-0.2, -0.15) is 8.42 Å². The minimum atomic E-state index is -3.89. The zero-order valence-corrected chi connectivity index (χ0v) is 16.9. The number of hydrogen-bond acceptors (Lipinski definition) is 4. The predicted molar refractivity (Wildman–Crippen MR) is 110 cm³/mol. The molecule has 1 aliphatic heterocycles. The Bertz CT molecular complexity index is 1160. The van der Waals surface area contributed by atoms with E-state index in [1.165, 1.54) is 12.1 Å². The summed E-state index contributed by atoms with van der Waals surface area (Å²) in [5.41, 5.74) is 2.97. The summed E-state index contributed by atoms with van der Waals surface area (Å²) in [6.07, 6.45) is 8.11. The number of hydrogen-bond donors (Lipinski definition) is 1. The van der Waals surface area contributed by atoms with Crippen molar-refractivity contribution in [1.29, 1.82) is 0 Å². The molecule has 2 heterocycles. The van der Waals surface area contributed by atoms with Crippen LogP contribution in [0.3, 0.4) is 0 Å². The molecule has 2 aromatic carbocycles. The molecule has 27 heavy (non-hydrogen) atoms. The third-order valence-corrected chi connectivity index (χ3v) is 6.26. The van der Waals surface area contributed by atoms with Gasteiger partial charge in [-0.15, -0.1) is 0 Å². The lowest BCUT2D eigenvalue weighted by Gasteiger charge is -2.17. The minimum absolute atomic E-state index is 0.122. The fraction of sp³-hybridized carbons (Fsp3) is 0.100. The van der Waals surface area contributed by atoms with Gasteiger partial charge in [0.15, 0.2) is 0 Å². The highest BCUT2D eigenvalue weighted by Crippen LogP contribution is 2.35. The van der Waals surface area contributed by atoms with Crippen molar-refractivity contribution in [3.63, 3.8) is 0 Å². The van der Waals surface area contributed by atoms with Crippen molar-refractivity contribution in [3.8, 4) is 5.75 Å². The normalized spacial score (nSPS) is 14.4. The molecule has 0 spiro atoms. The van der Waals surface area contributed by atoms with E-state index in [9.17, 15) is 8.42 Å². The summed E-state index contributed by atoms with van der Waals surface area (Å²) in [7, 11) is -1.88. The van der Waals surface area contributed by atoms with Gasteiger partial charge in [-0.25, -0.2) is 0 Å². The van der Waals surface area contributed by atoms with Crippen molar-refractivity contribution in [3.05, 3.63) is 77.0 Å². The molecule has 0 bridgehead atoms. The first-order valence-corrected chi connectivity index (χ1v) is 10.5. The molecule has 138 valence electrons. The number of allylic oxidation sites excluding steroid dienone is 2. The Morgan fingerprint density at radius 3 is 2.67 bits per heavy atom. The molecule has 0 saturated carbocycles. The smallest absolute Gasteiger partial charge is 0.339 e. The summed E-state index contributed by atoms with van der Waals surface area (Å²) in [5.74, 6) is 0.261. The van der Waals surface area contributed by atoms with Crippen LogP contribution in [0.4, 0.5) is 0 Å². The van der Waals surface area contributed by atoms with E-state index < -0.39 is 10.1 Å². The molecule has 0 radical (unpaired) electrons. The molecule has 1 N–H and O–H groups in total. The zero-order valence-electron chi connectivity index (χ0n) is 14.5. The summed E-state index contributed by atoms with van der Waals surface area (Å²) in [5, 5.41) is 0.892. The zero-order chi connectivity index (χ0) is 19.0. The second-order valence-electron chi connectivity index (χ2n) is 6.30. The Morgan fingerprint density at radius 2 is 1.96 bits per heavy atom. The van der Waals surface area contributed by atoms with Crippen molar-refractivity contribution >= 4 is 42.5 Å². The predicted octanol–water partition coefficient (Wildman–Crippen LogP) is 4.54. The van der Waals surface area contributed by atoms with Gasteiger partial charge in [-0.3, -0.25) is 0 Å². The molecule has 1 aliphatic rings. The van der Waals surface area contributed by atoms with Gasteiger partial charge < -0.3 is 14.1 Å². The van der Waals surface area contributed by atoms with E-state index in [0.717, 1.165) is 33.1 Å². The molecule has 5 nitrogen and oxygen atoms in total. The molecule has 7 heteroatoms. The van der Waals surface area contributed by atoms with Gasteiger partial charge in [0, 0.05) is 35.2 Å². The lowest BCUT2D eigenvalue weighted by molar-refractivity contribution is 0.486. The summed E-state index contributed by atoms with van der Waals surface area (Å²) in [6, 6.07) is 11.5. The largest absolute Gasteiger partial charge is 0.379 e. The number of likely N-dealkylation sites (N-methyl/N-ethyl adjacent to an activating group) is 1. The molecule has 1 aromatic heterocycles. The third kappa shape index (κ3) is 3.52. The lowest BCUT2D eigenvalue weighted by Crippen LogP contribution is -2.13. The lowest BCUT2D eigenvalue weighted by atomic mass is 10.0. The second kappa shape index (κ2) is 6.90. The Balaban J connectivity index is 1.75. The Morgan fingerprint density at radius 1 is 1.19 bits per heavy atom. The highest BCUT2D eigenvalue weighted by atomic mass is 79.9. The molecule has 0 fully saturated rings. The first-order valence-electron chi connectivity index (χ1n) is 8.33. The average Bonchev–Trinajstić information content (AvgIpc) is 3.07. The van der Waals surface area contributed by atoms with E-state index >= 15 is 0 Å². The van der Waals surface area contributed by atoms with Gasteiger partial charge in [-0.05, 0) is 58.0 Å². The maximum Gasteiger partial charge on any atom is 0.339 e. The quantitative estimate of drug-likeness (QED) is 0.599. The number of aromatic nitrogens is 1. The third-order valence-electron chi connectivity index (χ3n) is 4.37. The van der Waals surface area contributed by atoms with Crippen molar-refractivity contribution in [2.24, 2.45) is 0 Å². The Hall–Kier alpha value is -2.51. The van der Waals surface area contributed by atoms with Crippen LogP contribution >= 0.6 is 15.9 Å². The second-order valence-corrected chi connectivity index (χ2v) is 8.70. The standard InChI is InChI=1S/C20H17BrN2O3S/c1-23-9-7-14(8-10-23)18-13-22-20-17(18)11-15(12-19(20)21)26-27(24,25)16-5-3-2-4-6-16/h2-9,11-13,22H,10H2,1H3. The summed E-state index contributed by atoms with van der Waals surface area (Å²) < 4.78 is 31.2. The summed E-state index contributed by atoms with van der Waals surface area (Å²) >= 11 is 3.51. The number of rotatable bonds is 4. The number of nitrogens with one attached hydrogen (secondary N) is 1. The first kappa shape index (κ1) is 17.9. The van der Waals surface area contributed by atoms with Gasteiger partial charge in [-0.1, -0.05) is 24.3 Å². The van der Waals surface area contributed by atoms with E-state index in [1.54, 1.807) is 30.3 Å². The molecule has 0 saturated heterocycles. The molecule has 0 aliphatic carbocycles. The fourth-order valence-electron chi connectivity index (χ4n) is 2.99. The number of fused-ring (bicyclic) bond motifs is 1. The van der Waals surface area contributed by atoms with E-state index in [4.69, 9.17) is 4.18 Å². The van der Waals surface area contributed by atoms with E-state index in [2.05, 4.69) is 31.9 Å². The van der Waals surface area contributed by atoms with Gasteiger partial charge in [0.1, 0.15) is 10.6 Å². The van der Waals surface area contributed by atoms with Crippen LogP contribution in [0.25, 0.3) is 16.5 Å². The number of H-pyrrole nitrogens is 1. The van der Waals surface area contributed by atoms with Gasteiger partial charge in [0.05, 0.1) is 5.52 Å². The van der Waals surface area contributed by atoms with Crippen molar-refractivity contribution in [1.82, 2.24) is 9.88 Å². The highest BCUT2D eigenvalue weighted by molar-refractivity contribution is 9.10. The molecule has 0 unspecified atom stereocenters. The van der Waals surface area contributed by atoms with Crippen LogP contribution in [0.1, 0.15) is 5.56 Å².